The lowest BCUT2D eigenvalue weighted by Gasteiger charge is -2.12. The van der Waals surface area contributed by atoms with Gasteiger partial charge in [0.2, 0.25) is 5.91 Å². The van der Waals surface area contributed by atoms with E-state index in [1.165, 1.54) is 0 Å². The van der Waals surface area contributed by atoms with E-state index in [2.05, 4.69) is 37.8 Å². The van der Waals surface area contributed by atoms with Gasteiger partial charge in [-0.05, 0) is 48.1 Å². The van der Waals surface area contributed by atoms with Gasteiger partial charge >= 0.3 is 0 Å². The Bertz CT molecular complexity index is 1180. The topological polar surface area (TPSA) is 84.7 Å². The fourth-order valence-corrected chi connectivity index (χ4v) is 3.42. The minimum atomic E-state index is 0.0462. The molecule has 1 amide bonds. The number of aromatic nitrogens is 4. The Hall–Kier alpha value is -3.74. The second kappa shape index (κ2) is 7.01. The van der Waals surface area contributed by atoms with Crippen LogP contribution in [0.4, 0.5) is 11.6 Å². The summed E-state index contributed by atoms with van der Waals surface area (Å²) in [6.45, 7) is 0. The Labute approximate surface area is 167 Å². The first-order valence-corrected chi connectivity index (χ1v) is 9.61. The summed E-state index contributed by atoms with van der Waals surface area (Å²) in [6.07, 6.45) is 9.20. The maximum atomic E-state index is 12.2. The van der Waals surface area contributed by atoms with Crippen LogP contribution in [0.3, 0.4) is 0 Å². The number of hydrogen-bond acceptors (Lipinski definition) is 5. The summed E-state index contributed by atoms with van der Waals surface area (Å²) < 4.78 is 1.82. The van der Waals surface area contributed by atoms with Crippen LogP contribution in [0.25, 0.3) is 27.6 Å². The van der Waals surface area contributed by atoms with Crippen molar-refractivity contribution in [1.82, 2.24) is 19.7 Å². The van der Waals surface area contributed by atoms with Crippen molar-refractivity contribution < 1.29 is 4.79 Å². The van der Waals surface area contributed by atoms with E-state index in [9.17, 15) is 4.79 Å². The molecule has 1 aromatic carbocycles. The van der Waals surface area contributed by atoms with Gasteiger partial charge in [0.25, 0.3) is 0 Å². The second-order valence-corrected chi connectivity index (χ2v) is 7.15. The molecule has 2 N–H and O–H groups in total. The molecule has 1 saturated carbocycles. The third-order valence-corrected chi connectivity index (χ3v) is 5.16. The monoisotopic (exact) mass is 384 g/mol. The van der Waals surface area contributed by atoms with Gasteiger partial charge in [0.15, 0.2) is 0 Å². The Morgan fingerprint density at radius 1 is 1.10 bits per heavy atom. The number of nitrogens with zero attached hydrogens (tertiary/aromatic N) is 4. The number of anilines is 2. The highest BCUT2D eigenvalue weighted by Gasteiger charge is 2.29. The first-order chi connectivity index (χ1) is 14.2. The van der Waals surface area contributed by atoms with Gasteiger partial charge in [-0.1, -0.05) is 12.1 Å². The van der Waals surface area contributed by atoms with Crippen molar-refractivity contribution >= 4 is 28.3 Å². The largest absolute Gasteiger partial charge is 0.373 e. The molecular formula is C22H20N6O. The molecule has 3 heterocycles. The first kappa shape index (κ1) is 17.4. The van der Waals surface area contributed by atoms with E-state index in [1.807, 2.05) is 48.4 Å². The normalized spacial score (nSPS) is 13.4. The van der Waals surface area contributed by atoms with Crippen molar-refractivity contribution in [3.05, 3.63) is 61.2 Å². The zero-order chi connectivity index (χ0) is 19.8. The Kier molecular flexibility index (Phi) is 4.20. The number of hydrogen-bond donors (Lipinski definition) is 2. The number of rotatable bonds is 5. The first-order valence-electron chi connectivity index (χ1n) is 9.61. The quantitative estimate of drug-likeness (QED) is 0.546. The molecule has 3 aromatic heterocycles. The van der Waals surface area contributed by atoms with E-state index in [-0.39, 0.29) is 11.8 Å². The molecule has 29 heavy (non-hydrogen) atoms. The molecule has 0 bridgehead atoms. The highest BCUT2D eigenvalue weighted by atomic mass is 16.2. The van der Waals surface area contributed by atoms with Crippen molar-refractivity contribution in [2.75, 3.05) is 17.7 Å². The molecule has 1 aliphatic carbocycles. The van der Waals surface area contributed by atoms with Crippen molar-refractivity contribution in [3.63, 3.8) is 0 Å². The number of carbonyl (C=O) groups excluding carboxylic acids is 1. The van der Waals surface area contributed by atoms with E-state index in [4.69, 9.17) is 0 Å². The maximum absolute atomic E-state index is 12.2. The molecule has 4 aromatic rings. The Morgan fingerprint density at radius 3 is 2.62 bits per heavy atom. The SMILES string of the molecule is CNc1ncc(-c2ccc(-n3cccn3)cc2)c2cc(NC(=O)C3CC3)ncc12. The zero-order valence-corrected chi connectivity index (χ0v) is 16.0. The molecule has 7 nitrogen and oxygen atoms in total. The summed E-state index contributed by atoms with van der Waals surface area (Å²) in [5.41, 5.74) is 3.00. The van der Waals surface area contributed by atoms with Crippen molar-refractivity contribution in [2.45, 2.75) is 12.8 Å². The summed E-state index contributed by atoms with van der Waals surface area (Å²) in [4.78, 5) is 21.1. The van der Waals surface area contributed by atoms with Crippen LogP contribution in [-0.4, -0.2) is 32.7 Å². The summed E-state index contributed by atoms with van der Waals surface area (Å²) in [5.74, 6) is 1.50. The molecular weight excluding hydrogens is 364 g/mol. The molecule has 144 valence electrons. The third-order valence-electron chi connectivity index (χ3n) is 5.16. The molecule has 7 heteroatoms. The van der Waals surface area contributed by atoms with E-state index in [0.717, 1.165) is 46.2 Å². The van der Waals surface area contributed by atoms with Gasteiger partial charge in [-0.2, -0.15) is 5.10 Å². The highest BCUT2D eigenvalue weighted by molar-refractivity contribution is 6.03. The molecule has 0 saturated heterocycles. The fourth-order valence-electron chi connectivity index (χ4n) is 3.42. The number of nitrogens with one attached hydrogen (secondary N) is 2. The standard InChI is InChI=1S/C22H20N6O/c1-23-21-19-13-24-20(27-22(29)15-3-4-15)11-17(19)18(12-25-21)14-5-7-16(8-6-14)28-10-2-9-26-28/h2,5-13,15H,3-4H2,1H3,(H,23,25)(H,24,27,29). The van der Waals surface area contributed by atoms with Crippen LogP contribution < -0.4 is 10.6 Å². The smallest absolute Gasteiger partial charge is 0.228 e. The molecule has 0 atom stereocenters. The van der Waals surface area contributed by atoms with Crippen LogP contribution in [-0.2, 0) is 4.79 Å². The van der Waals surface area contributed by atoms with E-state index < -0.39 is 0 Å². The van der Waals surface area contributed by atoms with Crippen LogP contribution in [0.1, 0.15) is 12.8 Å². The predicted molar refractivity (Wildman–Crippen MR) is 113 cm³/mol. The predicted octanol–water partition coefficient (Wildman–Crippen LogP) is 3.87. The van der Waals surface area contributed by atoms with Crippen LogP contribution in [0.5, 0.6) is 0 Å². The van der Waals surface area contributed by atoms with Gasteiger partial charge in [0, 0.05) is 48.7 Å². The zero-order valence-electron chi connectivity index (χ0n) is 16.0. The Balaban J connectivity index is 1.57. The highest BCUT2D eigenvalue weighted by Crippen LogP contribution is 2.34. The van der Waals surface area contributed by atoms with E-state index >= 15 is 0 Å². The average Bonchev–Trinajstić information content (AvgIpc) is 3.47. The van der Waals surface area contributed by atoms with Crippen molar-refractivity contribution in [2.24, 2.45) is 5.92 Å². The van der Waals surface area contributed by atoms with Gasteiger partial charge in [0.05, 0.1) is 5.69 Å². The number of carbonyl (C=O) groups is 1. The van der Waals surface area contributed by atoms with Gasteiger partial charge < -0.3 is 10.6 Å². The average molecular weight is 384 g/mol. The van der Waals surface area contributed by atoms with Crippen LogP contribution in [0.2, 0.25) is 0 Å². The second-order valence-electron chi connectivity index (χ2n) is 7.15. The molecule has 0 spiro atoms. The lowest BCUT2D eigenvalue weighted by Crippen LogP contribution is -2.14. The summed E-state index contributed by atoms with van der Waals surface area (Å²) in [7, 11) is 1.84. The van der Waals surface area contributed by atoms with Crippen LogP contribution in [0.15, 0.2) is 61.2 Å². The number of amides is 1. The molecule has 1 fully saturated rings. The summed E-state index contributed by atoms with van der Waals surface area (Å²) in [5, 5.41) is 12.2. The van der Waals surface area contributed by atoms with E-state index in [1.54, 1.807) is 12.4 Å². The Morgan fingerprint density at radius 2 is 1.93 bits per heavy atom. The molecule has 0 radical (unpaired) electrons. The lowest BCUT2D eigenvalue weighted by atomic mass is 10.0. The van der Waals surface area contributed by atoms with E-state index in [0.29, 0.717) is 5.82 Å². The van der Waals surface area contributed by atoms with Crippen LogP contribution >= 0.6 is 0 Å². The van der Waals surface area contributed by atoms with Gasteiger partial charge in [-0.15, -0.1) is 0 Å². The van der Waals surface area contributed by atoms with Crippen LogP contribution in [0, 0.1) is 5.92 Å². The molecule has 5 rings (SSSR count). The number of pyridine rings is 2. The van der Waals surface area contributed by atoms with Crippen molar-refractivity contribution in [3.8, 4) is 16.8 Å². The fraction of sp³-hybridized carbons (Fsp3) is 0.182. The number of fused-ring (bicyclic) bond motifs is 1. The maximum Gasteiger partial charge on any atom is 0.228 e. The molecule has 1 aliphatic rings. The minimum absolute atomic E-state index is 0.0462. The molecule has 0 unspecified atom stereocenters. The van der Waals surface area contributed by atoms with Crippen molar-refractivity contribution in [1.29, 1.82) is 0 Å². The van der Waals surface area contributed by atoms with Gasteiger partial charge in [-0.25, -0.2) is 14.6 Å². The third kappa shape index (κ3) is 3.31. The van der Waals surface area contributed by atoms with Gasteiger partial charge in [0.1, 0.15) is 11.6 Å². The number of benzene rings is 1. The summed E-state index contributed by atoms with van der Waals surface area (Å²) in [6, 6.07) is 12.0. The lowest BCUT2D eigenvalue weighted by molar-refractivity contribution is -0.117. The summed E-state index contributed by atoms with van der Waals surface area (Å²) >= 11 is 0. The minimum Gasteiger partial charge on any atom is -0.373 e. The molecule has 0 aliphatic heterocycles. The van der Waals surface area contributed by atoms with Gasteiger partial charge in [-0.3, -0.25) is 4.79 Å².